The zero-order chi connectivity index (χ0) is 16.2. The van der Waals surface area contributed by atoms with Crippen LogP contribution in [0, 0.1) is 5.82 Å². The Morgan fingerprint density at radius 3 is 2.32 bits per heavy atom. The summed E-state index contributed by atoms with van der Waals surface area (Å²) < 4.78 is 40.5. The molecule has 1 atom stereocenters. The van der Waals surface area contributed by atoms with Crippen molar-refractivity contribution in [3.63, 3.8) is 0 Å². The van der Waals surface area contributed by atoms with Gasteiger partial charge in [-0.15, -0.1) is 0 Å². The standard InChI is InChI=1S/C17H20FNO2S/c1-3-14-8-10-15(11-9-14)13(2)19-22(20,21)12-16-6-4-5-7-17(16)18/h4-11,13,19H,3,12H2,1-2H3. The largest absolute Gasteiger partial charge is 0.216 e. The Bertz CT molecular complexity index is 727. The summed E-state index contributed by atoms with van der Waals surface area (Å²) in [6, 6.07) is 13.3. The van der Waals surface area contributed by atoms with E-state index in [-0.39, 0.29) is 17.4 Å². The minimum absolute atomic E-state index is 0.170. The van der Waals surface area contributed by atoms with E-state index in [2.05, 4.69) is 11.6 Å². The molecule has 5 heteroatoms. The van der Waals surface area contributed by atoms with E-state index >= 15 is 0 Å². The van der Waals surface area contributed by atoms with Crippen LogP contribution in [0.3, 0.4) is 0 Å². The molecule has 2 rings (SSSR count). The summed E-state index contributed by atoms with van der Waals surface area (Å²) in [4.78, 5) is 0. The molecule has 3 nitrogen and oxygen atoms in total. The third-order valence-corrected chi connectivity index (χ3v) is 4.95. The molecule has 0 aliphatic carbocycles. The van der Waals surface area contributed by atoms with Crippen molar-refractivity contribution >= 4 is 10.0 Å². The van der Waals surface area contributed by atoms with E-state index in [0.29, 0.717) is 0 Å². The second kappa shape index (κ2) is 7.03. The second-order valence-corrected chi connectivity index (χ2v) is 7.04. The monoisotopic (exact) mass is 321 g/mol. The third kappa shape index (κ3) is 4.39. The highest BCUT2D eigenvalue weighted by molar-refractivity contribution is 7.88. The molecule has 2 aromatic rings. The Morgan fingerprint density at radius 1 is 1.09 bits per heavy atom. The van der Waals surface area contributed by atoms with Crippen molar-refractivity contribution in [2.24, 2.45) is 0 Å². The van der Waals surface area contributed by atoms with Gasteiger partial charge in [0.25, 0.3) is 0 Å². The average Bonchev–Trinajstić information content (AvgIpc) is 2.49. The molecule has 0 fully saturated rings. The summed E-state index contributed by atoms with van der Waals surface area (Å²) in [5.74, 6) is -0.871. The summed E-state index contributed by atoms with van der Waals surface area (Å²) in [5, 5.41) is 0. The highest BCUT2D eigenvalue weighted by atomic mass is 32.2. The van der Waals surface area contributed by atoms with Crippen LogP contribution < -0.4 is 4.72 Å². The lowest BCUT2D eigenvalue weighted by atomic mass is 10.1. The minimum Gasteiger partial charge on any atom is -0.212 e. The molecule has 0 spiro atoms. The van der Waals surface area contributed by atoms with E-state index in [9.17, 15) is 12.8 Å². The van der Waals surface area contributed by atoms with Crippen LogP contribution in [0.5, 0.6) is 0 Å². The zero-order valence-electron chi connectivity index (χ0n) is 12.7. The van der Waals surface area contributed by atoms with E-state index in [1.54, 1.807) is 13.0 Å². The first-order valence-corrected chi connectivity index (χ1v) is 8.89. The smallest absolute Gasteiger partial charge is 0.212 e. The van der Waals surface area contributed by atoms with E-state index in [0.717, 1.165) is 12.0 Å². The van der Waals surface area contributed by atoms with Crippen LogP contribution in [-0.2, 0) is 22.2 Å². The molecule has 0 radical (unpaired) electrons. The van der Waals surface area contributed by atoms with Gasteiger partial charge < -0.3 is 0 Å². The molecule has 0 aliphatic heterocycles. The van der Waals surface area contributed by atoms with E-state index in [1.807, 2.05) is 24.3 Å². The molecule has 118 valence electrons. The molecule has 0 heterocycles. The first kappa shape index (κ1) is 16.6. The van der Waals surface area contributed by atoms with Gasteiger partial charge in [0.2, 0.25) is 10.0 Å². The van der Waals surface area contributed by atoms with Crippen molar-refractivity contribution in [2.75, 3.05) is 0 Å². The topological polar surface area (TPSA) is 46.2 Å². The molecule has 2 aromatic carbocycles. The number of benzene rings is 2. The fourth-order valence-electron chi connectivity index (χ4n) is 2.24. The zero-order valence-corrected chi connectivity index (χ0v) is 13.5. The van der Waals surface area contributed by atoms with Crippen LogP contribution in [0.15, 0.2) is 48.5 Å². The number of rotatable bonds is 6. The van der Waals surface area contributed by atoms with Crippen molar-refractivity contribution in [3.05, 3.63) is 71.0 Å². The van der Waals surface area contributed by atoms with Crippen molar-refractivity contribution in [1.82, 2.24) is 4.72 Å². The highest BCUT2D eigenvalue weighted by Gasteiger charge is 2.18. The first-order valence-electron chi connectivity index (χ1n) is 7.23. The van der Waals surface area contributed by atoms with Crippen LogP contribution in [0.1, 0.15) is 36.6 Å². The van der Waals surface area contributed by atoms with Crippen LogP contribution in [-0.4, -0.2) is 8.42 Å². The van der Waals surface area contributed by atoms with Gasteiger partial charge in [0.15, 0.2) is 0 Å². The van der Waals surface area contributed by atoms with E-state index in [1.165, 1.54) is 23.8 Å². The lowest BCUT2D eigenvalue weighted by molar-refractivity contribution is 0.561. The lowest BCUT2D eigenvalue weighted by Crippen LogP contribution is -2.28. The maximum Gasteiger partial charge on any atom is 0.216 e. The van der Waals surface area contributed by atoms with Gasteiger partial charge in [-0.1, -0.05) is 49.4 Å². The van der Waals surface area contributed by atoms with Gasteiger partial charge in [-0.2, -0.15) is 0 Å². The number of hydrogen-bond donors (Lipinski definition) is 1. The SMILES string of the molecule is CCc1ccc(C(C)NS(=O)(=O)Cc2ccccc2F)cc1. The van der Waals surface area contributed by atoms with Gasteiger partial charge in [0.05, 0.1) is 5.75 Å². The summed E-state index contributed by atoms with van der Waals surface area (Å²) >= 11 is 0. The molecule has 0 amide bonds. The van der Waals surface area contributed by atoms with Crippen LogP contribution in [0.25, 0.3) is 0 Å². The molecule has 1 unspecified atom stereocenters. The summed E-state index contributed by atoms with van der Waals surface area (Å²) in [6.07, 6.45) is 0.938. The van der Waals surface area contributed by atoms with Crippen molar-refractivity contribution in [2.45, 2.75) is 32.1 Å². The van der Waals surface area contributed by atoms with Crippen molar-refractivity contribution in [1.29, 1.82) is 0 Å². The molecule has 0 saturated heterocycles. The predicted molar refractivity (Wildman–Crippen MR) is 86.4 cm³/mol. The molecule has 22 heavy (non-hydrogen) atoms. The number of sulfonamides is 1. The van der Waals surface area contributed by atoms with Gasteiger partial charge >= 0.3 is 0 Å². The molecule has 0 saturated carbocycles. The summed E-state index contributed by atoms with van der Waals surface area (Å²) in [6.45, 7) is 3.84. The molecule has 1 N–H and O–H groups in total. The fraction of sp³-hybridized carbons (Fsp3) is 0.294. The van der Waals surface area contributed by atoms with Crippen molar-refractivity contribution in [3.8, 4) is 0 Å². The van der Waals surface area contributed by atoms with Gasteiger partial charge in [-0.3, -0.25) is 0 Å². The van der Waals surface area contributed by atoms with Gasteiger partial charge in [-0.05, 0) is 30.5 Å². The molecule has 0 aromatic heterocycles. The normalized spacial score (nSPS) is 13.0. The van der Waals surface area contributed by atoms with Crippen LogP contribution in [0.2, 0.25) is 0 Å². The number of halogens is 1. The third-order valence-electron chi connectivity index (χ3n) is 3.55. The average molecular weight is 321 g/mol. The molecular weight excluding hydrogens is 301 g/mol. The van der Waals surface area contributed by atoms with Gasteiger partial charge in [0.1, 0.15) is 5.82 Å². The van der Waals surface area contributed by atoms with E-state index < -0.39 is 15.8 Å². The lowest BCUT2D eigenvalue weighted by Gasteiger charge is -2.15. The molecule has 0 aliphatic rings. The number of hydrogen-bond acceptors (Lipinski definition) is 2. The first-order chi connectivity index (χ1) is 10.4. The summed E-state index contributed by atoms with van der Waals surface area (Å²) in [7, 11) is -3.61. The Balaban J connectivity index is 2.09. The predicted octanol–water partition coefficient (Wildman–Crippen LogP) is 3.57. The van der Waals surface area contributed by atoms with Crippen molar-refractivity contribution < 1.29 is 12.8 Å². The number of aryl methyl sites for hydroxylation is 1. The molecular formula is C17H20FNO2S. The maximum absolute atomic E-state index is 13.6. The Labute approximate surface area is 131 Å². The van der Waals surface area contributed by atoms with Gasteiger partial charge in [0, 0.05) is 11.6 Å². The fourth-order valence-corrected chi connectivity index (χ4v) is 3.64. The van der Waals surface area contributed by atoms with Crippen LogP contribution in [0.4, 0.5) is 4.39 Å². The maximum atomic E-state index is 13.6. The van der Waals surface area contributed by atoms with Crippen LogP contribution >= 0.6 is 0 Å². The second-order valence-electron chi connectivity index (χ2n) is 5.29. The van der Waals surface area contributed by atoms with Gasteiger partial charge in [-0.25, -0.2) is 17.5 Å². The minimum atomic E-state index is -3.61. The number of nitrogens with one attached hydrogen (secondary N) is 1. The summed E-state index contributed by atoms with van der Waals surface area (Å²) in [5.41, 5.74) is 2.25. The Morgan fingerprint density at radius 2 is 1.73 bits per heavy atom. The Kier molecular flexibility index (Phi) is 5.32. The Hall–Kier alpha value is -1.72. The quantitative estimate of drug-likeness (QED) is 0.884. The van der Waals surface area contributed by atoms with E-state index in [4.69, 9.17) is 0 Å². The highest BCUT2D eigenvalue weighted by Crippen LogP contribution is 2.17. The molecule has 0 bridgehead atoms.